The fourth-order valence-corrected chi connectivity index (χ4v) is 1.99. The van der Waals surface area contributed by atoms with Gasteiger partial charge in [-0.05, 0) is 18.2 Å². The summed E-state index contributed by atoms with van der Waals surface area (Å²) in [5.74, 6) is 1.17. The minimum Gasteiger partial charge on any atom is -0.497 e. The highest BCUT2D eigenvalue weighted by atomic mass is 16.5. The molecular weight excluding hydrogens is 242 g/mol. The van der Waals surface area contributed by atoms with Crippen LogP contribution in [0.1, 0.15) is 0 Å². The van der Waals surface area contributed by atoms with Crippen molar-refractivity contribution < 1.29 is 4.74 Å². The molecule has 0 saturated heterocycles. The van der Waals surface area contributed by atoms with E-state index in [1.807, 2.05) is 24.3 Å². The van der Waals surface area contributed by atoms with Gasteiger partial charge in [-0.15, -0.1) is 0 Å². The summed E-state index contributed by atoms with van der Waals surface area (Å²) >= 11 is 0. The summed E-state index contributed by atoms with van der Waals surface area (Å²) in [5, 5.41) is 5.11. The van der Waals surface area contributed by atoms with Crippen LogP contribution < -0.4 is 16.2 Å². The average molecular weight is 255 g/mol. The number of hydrogen-bond acceptors (Lipinski definition) is 5. The van der Waals surface area contributed by atoms with E-state index in [4.69, 9.17) is 16.2 Å². The maximum Gasteiger partial charge on any atom is 0.150 e. The molecule has 2 aromatic heterocycles. The van der Waals surface area contributed by atoms with E-state index in [1.165, 1.54) is 6.20 Å². The summed E-state index contributed by atoms with van der Waals surface area (Å²) in [4.78, 5) is 4.32. The number of benzene rings is 1. The average Bonchev–Trinajstić information content (AvgIpc) is 2.77. The largest absolute Gasteiger partial charge is 0.497 e. The molecule has 0 aliphatic heterocycles. The Morgan fingerprint density at radius 3 is 2.74 bits per heavy atom. The molecule has 6 heteroatoms. The minimum absolute atomic E-state index is 0.420. The zero-order valence-electron chi connectivity index (χ0n) is 10.4. The molecule has 6 nitrogen and oxygen atoms in total. The second-order valence-electron chi connectivity index (χ2n) is 4.11. The lowest BCUT2D eigenvalue weighted by Crippen LogP contribution is -2.04. The van der Waals surface area contributed by atoms with E-state index in [0.717, 1.165) is 22.3 Å². The summed E-state index contributed by atoms with van der Waals surface area (Å²) in [6.07, 6.45) is 3.24. The number of nitrogen functional groups attached to an aromatic ring is 2. The Morgan fingerprint density at radius 2 is 2.05 bits per heavy atom. The number of fused-ring (bicyclic) bond motifs is 1. The molecule has 1 aromatic carbocycles. The summed E-state index contributed by atoms with van der Waals surface area (Å²) in [6.45, 7) is 0. The van der Waals surface area contributed by atoms with Crippen LogP contribution in [0.2, 0.25) is 0 Å². The van der Waals surface area contributed by atoms with Crippen molar-refractivity contribution in [3.05, 3.63) is 36.7 Å². The van der Waals surface area contributed by atoms with Crippen molar-refractivity contribution in [1.82, 2.24) is 14.8 Å². The third-order valence-corrected chi connectivity index (χ3v) is 2.99. The van der Waals surface area contributed by atoms with Crippen LogP contribution in [-0.2, 0) is 0 Å². The third-order valence-electron chi connectivity index (χ3n) is 2.99. The maximum atomic E-state index is 5.91. The molecule has 96 valence electrons. The zero-order valence-corrected chi connectivity index (χ0v) is 10.4. The number of nitrogens with two attached hydrogens (primary N) is 2. The second kappa shape index (κ2) is 4.16. The lowest BCUT2D eigenvalue weighted by atomic mass is 10.2. The Bertz CT molecular complexity index is 750. The first-order valence-corrected chi connectivity index (χ1v) is 5.73. The van der Waals surface area contributed by atoms with Gasteiger partial charge in [0.1, 0.15) is 5.75 Å². The smallest absolute Gasteiger partial charge is 0.150 e. The van der Waals surface area contributed by atoms with Crippen molar-refractivity contribution >= 4 is 22.4 Å². The van der Waals surface area contributed by atoms with Crippen LogP contribution in [0.25, 0.3) is 16.6 Å². The molecule has 0 atom stereocenters. The number of hydrogen-bond donors (Lipinski definition) is 2. The number of nitrogens with zero attached hydrogens (tertiary/aromatic N) is 3. The predicted octanol–water partition coefficient (Wildman–Crippen LogP) is 1.59. The van der Waals surface area contributed by atoms with E-state index < -0.39 is 0 Å². The highest BCUT2D eigenvalue weighted by Crippen LogP contribution is 2.27. The Morgan fingerprint density at radius 1 is 1.21 bits per heavy atom. The van der Waals surface area contributed by atoms with Gasteiger partial charge in [-0.3, -0.25) is 4.98 Å². The number of ether oxygens (including phenoxy) is 1. The van der Waals surface area contributed by atoms with Gasteiger partial charge in [0.05, 0.1) is 30.2 Å². The van der Waals surface area contributed by atoms with E-state index in [-0.39, 0.29) is 0 Å². The van der Waals surface area contributed by atoms with Crippen molar-refractivity contribution in [3.63, 3.8) is 0 Å². The Labute approximate surface area is 109 Å². The Kier molecular flexibility index (Phi) is 2.49. The van der Waals surface area contributed by atoms with E-state index in [9.17, 15) is 0 Å². The van der Waals surface area contributed by atoms with Gasteiger partial charge in [0.25, 0.3) is 0 Å². The van der Waals surface area contributed by atoms with Crippen LogP contribution in [-0.4, -0.2) is 21.9 Å². The zero-order chi connectivity index (χ0) is 13.4. The fraction of sp³-hybridized carbons (Fsp3) is 0.0769. The second-order valence-corrected chi connectivity index (χ2v) is 4.11. The molecule has 2 heterocycles. The number of pyridine rings is 1. The van der Waals surface area contributed by atoms with Gasteiger partial charge in [-0.2, -0.15) is 5.10 Å². The monoisotopic (exact) mass is 255 g/mol. The van der Waals surface area contributed by atoms with Gasteiger partial charge in [0.15, 0.2) is 5.82 Å². The van der Waals surface area contributed by atoms with E-state index in [0.29, 0.717) is 11.5 Å². The Hall–Kier alpha value is -2.76. The van der Waals surface area contributed by atoms with Crippen LogP contribution in [0.5, 0.6) is 5.75 Å². The standard InChI is InChI=1S/C13H13N5O/c1-19-8-2-3-9-11(6-8)16-5-4-12(9)18-13(15)10(14)7-17-18/h2-7H,14-15H2,1H3. The van der Waals surface area contributed by atoms with Gasteiger partial charge in [-0.1, -0.05) is 0 Å². The highest BCUT2D eigenvalue weighted by molar-refractivity contribution is 5.88. The molecule has 4 N–H and O–H groups in total. The maximum absolute atomic E-state index is 5.91. The van der Waals surface area contributed by atoms with Gasteiger partial charge in [0.2, 0.25) is 0 Å². The van der Waals surface area contributed by atoms with Crippen LogP contribution >= 0.6 is 0 Å². The first kappa shape index (κ1) is 11.3. The quantitative estimate of drug-likeness (QED) is 0.725. The summed E-state index contributed by atoms with van der Waals surface area (Å²) in [5.41, 5.74) is 13.7. The van der Waals surface area contributed by atoms with Crippen molar-refractivity contribution in [3.8, 4) is 11.4 Å². The molecule has 3 rings (SSSR count). The molecule has 0 amide bonds. The molecule has 19 heavy (non-hydrogen) atoms. The molecule has 3 aromatic rings. The number of rotatable bonds is 2. The summed E-state index contributed by atoms with van der Waals surface area (Å²) in [7, 11) is 1.62. The number of methoxy groups -OCH3 is 1. The Balaban J connectivity index is 2.27. The van der Waals surface area contributed by atoms with E-state index >= 15 is 0 Å². The molecule has 0 radical (unpaired) electrons. The molecule has 0 fully saturated rings. The molecule has 0 aliphatic carbocycles. The first-order chi connectivity index (χ1) is 9.20. The lowest BCUT2D eigenvalue weighted by molar-refractivity contribution is 0.415. The molecular formula is C13H13N5O. The van der Waals surface area contributed by atoms with Crippen molar-refractivity contribution in [1.29, 1.82) is 0 Å². The molecule has 0 unspecified atom stereocenters. The van der Waals surface area contributed by atoms with Gasteiger partial charge in [-0.25, -0.2) is 4.68 Å². The SMILES string of the molecule is COc1ccc2c(-n3ncc(N)c3N)ccnc2c1. The van der Waals surface area contributed by atoms with E-state index in [2.05, 4.69) is 10.1 Å². The topological polar surface area (TPSA) is 92.0 Å². The van der Waals surface area contributed by atoms with Crippen molar-refractivity contribution in [2.45, 2.75) is 0 Å². The fourth-order valence-electron chi connectivity index (χ4n) is 1.99. The first-order valence-electron chi connectivity index (χ1n) is 5.73. The molecule has 0 aliphatic rings. The van der Waals surface area contributed by atoms with Crippen LogP contribution in [0.15, 0.2) is 36.7 Å². The minimum atomic E-state index is 0.420. The van der Waals surface area contributed by atoms with Crippen LogP contribution in [0.4, 0.5) is 11.5 Å². The molecule has 0 bridgehead atoms. The van der Waals surface area contributed by atoms with Crippen LogP contribution in [0, 0.1) is 0 Å². The van der Waals surface area contributed by atoms with Gasteiger partial charge in [0, 0.05) is 17.6 Å². The number of anilines is 2. The molecule has 0 saturated carbocycles. The van der Waals surface area contributed by atoms with Crippen molar-refractivity contribution in [2.24, 2.45) is 0 Å². The summed E-state index contributed by atoms with van der Waals surface area (Å²) < 4.78 is 6.79. The van der Waals surface area contributed by atoms with Crippen LogP contribution in [0.3, 0.4) is 0 Å². The van der Waals surface area contributed by atoms with Crippen molar-refractivity contribution in [2.75, 3.05) is 18.6 Å². The lowest BCUT2D eigenvalue weighted by Gasteiger charge is -2.09. The molecule has 0 spiro atoms. The van der Waals surface area contributed by atoms with E-state index in [1.54, 1.807) is 18.0 Å². The normalized spacial score (nSPS) is 10.8. The predicted molar refractivity (Wildman–Crippen MR) is 74.2 cm³/mol. The highest BCUT2D eigenvalue weighted by Gasteiger charge is 2.10. The number of aromatic nitrogens is 3. The van der Waals surface area contributed by atoms with Gasteiger partial charge < -0.3 is 16.2 Å². The third kappa shape index (κ3) is 1.74. The summed E-state index contributed by atoms with van der Waals surface area (Å²) in [6, 6.07) is 7.50. The van der Waals surface area contributed by atoms with Gasteiger partial charge >= 0.3 is 0 Å².